The summed E-state index contributed by atoms with van der Waals surface area (Å²) in [4.78, 5) is 16.9. The zero-order chi connectivity index (χ0) is 23.3. The second-order valence-corrected chi connectivity index (χ2v) is 10.4. The number of amides is 1. The van der Waals surface area contributed by atoms with Crippen molar-refractivity contribution in [2.24, 2.45) is 0 Å². The molecule has 0 bridgehead atoms. The van der Waals surface area contributed by atoms with E-state index in [1.54, 1.807) is 24.3 Å². The van der Waals surface area contributed by atoms with E-state index in [-0.39, 0.29) is 17.1 Å². The molecular weight excluding hydrogens is 456 g/mol. The Hall–Kier alpha value is -3.49. The van der Waals surface area contributed by atoms with Crippen molar-refractivity contribution in [1.29, 1.82) is 0 Å². The first-order valence-electron chi connectivity index (χ1n) is 10.3. The number of benzene rings is 3. The van der Waals surface area contributed by atoms with E-state index in [2.05, 4.69) is 10.3 Å². The number of rotatable bonds is 8. The largest absolute Gasteiger partial charge is 0.457 e. The van der Waals surface area contributed by atoms with E-state index in [0.29, 0.717) is 16.6 Å². The molecule has 1 N–H and O–H groups in total. The second kappa shape index (κ2) is 9.97. The van der Waals surface area contributed by atoms with Crippen LogP contribution in [0.5, 0.6) is 11.5 Å². The summed E-state index contributed by atoms with van der Waals surface area (Å²) in [6, 6.07) is 23.6. The van der Waals surface area contributed by atoms with Crippen molar-refractivity contribution in [2.45, 2.75) is 18.2 Å². The minimum absolute atomic E-state index is 0.142. The molecule has 168 valence electrons. The average molecular weight is 479 g/mol. The van der Waals surface area contributed by atoms with Gasteiger partial charge < -0.3 is 10.1 Å². The molecule has 33 heavy (non-hydrogen) atoms. The summed E-state index contributed by atoms with van der Waals surface area (Å²) < 4.78 is 30.7. The summed E-state index contributed by atoms with van der Waals surface area (Å²) in [5.74, 6) is 0.818. The van der Waals surface area contributed by atoms with Gasteiger partial charge in [0.2, 0.25) is 5.91 Å². The molecule has 0 radical (unpaired) electrons. The third kappa shape index (κ3) is 6.06. The van der Waals surface area contributed by atoms with Crippen LogP contribution in [-0.2, 0) is 14.6 Å². The number of ether oxygens (including phenoxy) is 1. The third-order valence-corrected chi connectivity index (χ3v) is 7.35. The van der Waals surface area contributed by atoms with Crippen LogP contribution in [0.25, 0.3) is 11.3 Å². The van der Waals surface area contributed by atoms with Crippen molar-refractivity contribution in [3.8, 4) is 22.8 Å². The Morgan fingerprint density at radius 3 is 2.30 bits per heavy atom. The number of para-hydroxylation sites is 1. The fraction of sp³-hybridized carbons (Fsp3) is 0.120. The Kier molecular flexibility index (Phi) is 6.86. The lowest BCUT2D eigenvalue weighted by atomic mass is 10.2. The van der Waals surface area contributed by atoms with Crippen molar-refractivity contribution >= 4 is 32.2 Å². The number of hydrogen-bond acceptors (Lipinski definition) is 6. The van der Waals surface area contributed by atoms with Gasteiger partial charge >= 0.3 is 0 Å². The zero-order valence-corrected chi connectivity index (χ0v) is 19.5. The average Bonchev–Trinajstić information content (AvgIpc) is 3.28. The first-order chi connectivity index (χ1) is 15.9. The predicted octanol–water partition coefficient (Wildman–Crippen LogP) is 5.71. The normalized spacial score (nSPS) is 11.2. The second-order valence-electron chi connectivity index (χ2n) is 7.41. The van der Waals surface area contributed by atoms with E-state index in [1.807, 2.05) is 66.9 Å². The van der Waals surface area contributed by atoms with E-state index in [4.69, 9.17) is 4.74 Å². The molecule has 1 heterocycles. The number of thiazole rings is 1. The number of aromatic nitrogens is 1. The quantitative estimate of drug-likeness (QED) is 0.350. The van der Waals surface area contributed by atoms with Gasteiger partial charge in [-0.3, -0.25) is 4.79 Å². The van der Waals surface area contributed by atoms with Crippen molar-refractivity contribution in [1.82, 2.24) is 4.98 Å². The number of sulfone groups is 1. The summed E-state index contributed by atoms with van der Waals surface area (Å²) >= 11 is 1.29. The molecule has 4 aromatic rings. The molecule has 1 aromatic heterocycles. The van der Waals surface area contributed by atoms with E-state index in [0.717, 1.165) is 16.9 Å². The van der Waals surface area contributed by atoms with Crippen molar-refractivity contribution in [3.63, 3.8) is 0 Å². The Morgan fingerprint density at radius 1 is 0.939 bits per heavy atom. The highest BCUT2D eigenvalue weighted by atomic mass is 32.2. The number of aryl methyl sites for hydroxylation is 1. The molecule has 0 spiro atoms. The van der Waals surface area contributed by atoms with Gasteiger partial charge in [-0.2, -0.15) is 0 Å². The maximum Gasteiger partial charge on any atom is 0.227 e. The van der Waals surface area contributed by atoms with E-state index >= 15 is 0 Å². The van der Waals surface area contributed by atoms with E-state index in [9.17, 15) is 13.2 Å². The Labute approximate surface area is 196 Å². The maximum atomic E-state index is 12.4. The minimum atomic E-state index is -3.52. The molecule has 0 aliphatic heterocycles. The van der Waals surface area contributed by atoms with Gasteiger partial charge in [-0.15, -0.1) is 11.3 Å². The van der Waals surface area contributed by atoms with Crippen LogP contribution >= 0.6 is 11.3 Å². The molecule has 3 aromatic carbocycles. The Morgan fingerprint density at radius 2 is 1.61 bits per heavy atom. The fourth-order valence-electron chi connectivity index (χ4n) is 3.05. The van der Waals surface area contributed by atoms with Crippen LogP contribution in [0.4, 0.5) is 5.13 Å². The summed E-state index contributed by atoms with van der Waals surface area (Å²) in [6.07, 6.45) is -0.142. The highest BCUT2D eigenvalue weighted by molar-refractivity contribution is 7.91. The first kappa shape index (κ1) is 22.7. The molecular formula is C25H22N2O4S2. The van der Waals surface area contributed by atoms with E-state index < -0.39 is 15.7 Å². The number of hydrogen-bond donors (Lipinski definition) is 1. The number of nitrogens with zero attached hydrogens (tertiary/aromatic N) is 1. The van der Waals surface area contributed by atoms with Crippen molar-refractivity contribution in [2.75, 3.05) is 11.1 Å². The number of nitrogens with one attached hydrogen (secondary N) is 1. The van der Waals surface area contributed by atoms with Crippen LogP contribution in [0.2, 0.25) is 0 Å². The topological polar surface area (TPSA) is 85.4 Å². The predicted molar refractivity (Wildman–Crippen MR) is 131 cm³/mol. The van der Waals surface area contributed by atoms with Crippen molar-refractivity contribution < 1.29 is 17.9 Å². The molecule has 0 aliphatic rings. The van der Waals surface area contributed by atoms with Gasteiger partial charge in [0.05, 0.1) is 16.3 Å². The highest BCUT2D eigenvalue weighted by Crippen LogP contribution is 2.28. The van der Waals surface area contributed by atoms with Crippen LogP contribution in [0.15, 0.2) is 89.1 Å². The maximum absolute atomic E-state index is 12.4. The third-order valence-electron chi connectivity index (χ3n) is 4.86. The minimum Gasteiger partial charge on any atom is -0.457 e. The van der Waals surface area contributed by atoms with Gasteiger partial charge in [0.25, 0.3) is 0 Å². The summed E-state index contributed by atoms with van der Waals surface area (Å²) in [6.45, 7) is 1.89. The molecule has 1 amide bonds. The van der Waals surface area contributed by atoms with E-state index in [1.165, 1.54) is 11.3 Å². The van der Waals surface area contributed by atoms with Crippen molar-refractivity contribution in [3.05, 3.63) is 89.8 Å². The lowest BCUT2D eigenvalue weighted by Crippen LogP contribution is -2.17. The molecule has 0 atom stereocenters. The molecule has 8 heteroatoms. The van der Waals surface area contributed by atoms with Crippen LogP contribution in [-0.4, -0.2) is 25.1 Å². The van der Waals surface area contributed by atoms with Gasteiger partial charge in [-0.25, -0.2) is 13.4 Å². The molecule has 0 saturated carbocycles. The van der Waals surface area contributed by atoms with Crippen LogP contribution in [0, 0.1) is 6.92 Å². The lowest BCUT2D eigenvalue weighted by molar-refractivity contribution is -0.115. The number of carbonyl (C=O) groups is 1. The van der Waals surface area contributed by atoms with Crippen LogP contribution in [0.1, 0.15) is 12.0 Å². The number of carbonyl (C=O) groups excluding carboxylic acids is 1. The summed E-state index contributed by atoms with van der Waals surface area (Å²) in [5.41, 5.74) is 2.58. The standard InChI is InChI=1S/C25H22N2O4S2/c1-18-7-13-22(14-8-18)33(29,30)16-15-24(28)27-25-26-23(17-32-25)19-9-11-21(12-10-19)31-20-5-3-2-4-6-20/h2-14,17H,15-16H2,1H3,(H,26,27,28). The molecule has 0 aliphatic carbocycles. The van der Waals surface area contributed by atoms with Gasteiger partial charge in [-0.05, 0) is 55.5 Å². The first-order valence-corrected chi connectivity index (χ1v) is 12.8. The highest BCUT2D eigenvalue weighted by Gasteiger charge is 2.17. The molecule has 0 saturated heterocycles. The lowest BCUT2D eigenvalue weighted by Gasteiger charge is -2.06. The summed E-state index contributed by atoms with van der Waals surface area (Å²) in [5, 5.41) is 4.95. The van der Waals surface area contributed by atoms with Gasteiger partial charge in [-0.1, -0.05) is 35.9 Å². The van der Waals surface area contributed by atoms with Crippen LogP contribution in [0.3, 0.4) is 0 Å². The monoisotopic (exact) mass is 478 g/mol. The molecule has 4 rings (SSSR count). The summed E-state index contributed by atoms with van der Waals surface area (Å²) in [7, 11) is -3.52. The molecule has 6 nitrogen and oxygen atoms in total. The van der Waals surface area contributed by atoms with Gasteiger partial charge in [0, 0.05) is 17.4 Å². The zero-order valence-electron chi connectivity index (χ0n) is 17.9. The van der Waals surface area contributed by atoms with Crippen LogP contribution < -0.4 is 10.1 Å². The SMILES string of the molecule is Cc1ccc(S(=O)(=O)CCC(=O)Nc2nc(-c3ccc(Oc4ccccc4)cc3)cs2)cc1. The molecule has 0 unspecified atom stereocenters. The smallest absolute Gasteiger partial charge is 0.227 e. The number of anilines is 1. The Balaban J connectivity index is 1.33. The van der Waals surface area contributed by atoms with Gasteiger partial charge in [0.1, 0.15) is 11.5 Å². The van der Waals surface area contributed by atoms with Gasteiger partial charge in [0.15, 0.2) is 15.0 Å². The molecule has 0 fully saturated rings. The fourth-order valence-corrected chi connectivity index (χ4v) is 5.03. The Bertz CT molecular complexity index is 1330.